The summed E-state index contributed by atoms with van der Waals surface area (Å²) in [5.74, 6) is 1.71. The first-order valence-corrected chi connectivity index (χ1v) is 9.23. The molecule has 27 heavy (non-hydrogen) atoms. The van der Waals surface area contributed by atoms with E-state index in [4.69, 9.17) is 21.1 Å². The predicted octanol–water partition coefficient (Wildman–Crippen LogP) is 4.06. The number of halogens is 1. The lowest BCUT2D eigenvalue weighted by Crippen LogP contribution is -2.19. The molecule has 144 valence electrons. The highest BCUT2D eigenvalue weighted by atomic mass is 35.5. The minimum Gasteiger partial charge on any atom is -0.495 e. The van der Waals surface area contributed by atoms with Crippen LogP contribution in [0.1, 0.15) is 42.0 Å². The van der Waals surface area contributed by atoms with Crippen LogP contribution in [0.4, 0.5) is 11.5 Å². The van der Waals surface area contributed by atoms with Crippen molar-refractivity contribution in [2.75, 3.05) is 24.9 Å². The summed E-state index contributed by atoms with van der Waals surface area (Å²) in [6.45, 7) is 1.77. The molecule has 1 aromatic carbocycles. The first-order valence-electron chi connectivity index (χ1n) is 8.85. The topological polar surface area (TPSA) is 85.4 Å². The van der Waals surface area contributed by atoms with Gasteiger partial charge in [0.25, 0.3) is 5.91 Å². The molecule has 2 N–H and O–H groups in total. The van der Waals surface area contributed by atoms with Gasteiger partial charge in [-0.1, -0.05) is 24.4 Å². The van der Waals surface area contributed by atoms with Gasteiger partial charge in [0.1, 0.15) is 28.8 Å². The summed E-state index contributed by atoms with van der Waals surface area (Å²) in [5.41, 5.74) is 0.726. The highest BCUT2D eigenvalue weighted by molar-refractivity contribution is 6.32. The molecule has 0 bridgehead atoms. The molecule has 1 aliphatic carbocycles. The van der Waals surface area contributed by atoms with Crippen molar-refractivity contribution < 1.29 is 14.3 Å². The van der Waals surface area contributed by atoms with Crippen molar-refractivity contribution in [1.82, 2.24) is 9.97 Å². The fraction of sp³-hybridized carbons (Fsp3) is 0.421. The third kappa shape index (κ3) is 4.60. The number of anilines is 2. The molecule has 2 aromatic rings. The molecule has 0 atom stereocenters. The Labute approximate surface area is 163 Å². The summed E-state index contributed by atoms with van der Waals surface area (Å²) in [6.07, 6.45) is 4.67. The SMILES string of the molecule is COc1cc(NC(=O)c2cc(NC3CCCC3)nc(C)n2)c(OC)cc1Cl. The van der Waals surface area contributed by atoms with Crippen LogP contribution in [0.25, 0.3) is 0 Å². The number of benzene rings is 1. The third-order valence-corrected chi connectivity index (χ3v) is 4.80. The number of hydrogen-bond acceptors (Lipinski definition) is 6. The highest BCUT2D eigenvalue weighted by Gasteiger charge is 2.18. The third-order valence-electron chi connectivity index (χ3n) is 4.50. The van der Waals surface area contributed by atoms with Gasteiger partial charge < -0.3 is 20.1 Å². The number of rotatable bonds is 6. The van der Waals surface area contributed by atoms with Crippen molar-refractivity contribution in [3.05, 3.63) is 34.7 Å². The molecule has 1 heterocycles. The number of amides is 1. The van der Waals surface area contributed by atoms with Crippen molar-refractivity contribution in [3.63, 3.8) is 0 Å². The van der Waals surface area contributed by atoms with E-state index in [-0.39, 0.29) is 11.6 Å². The van der Waals surface area contributed by atoms with E-state index in [2.05, 4.69) is 20.6 Å². The fourth-order valence-corrected chi connectivity index (χ4v) is 3.41. The molecule has 0 unspecified atom stereocenters. The second-order valence-electron chi connectivity index (χ2n) is 6.45. The van der Waals surface area contributed by atoms with Crippen LogP contribution in [0.5, 0.6) is 11.5 Å². The van der Waals surface area contributed by atoms with Crippen LogP contribution in [0.3, 0.4) is 0 Å². The molecular weight excluding hydrogens is 368 g/mol. The zero-order valence-electron chi connectivity index (χ0n) is 15.6. The first kappa shape index (κ1) is 19.2. The monoisotopic (exact) mass is 390 g/mol. The Hall–Kier alpha value is -2.54. The van der Waals surface area contributed by atoms with Crippen LogP contribution in [0, 0.1) is 6.92 Å². The predicted molar refractivity (Wildman–Crippen MR) is 105 cm³/mol. The molecule has 3 rings (SSSR count). The number of hydrogen-bond donors (Lipinski definition) is 2. The molecule has 0 aliphatic heterocycles. The average molecular weight is 391 g/mol. The van der Waals surface area contributed by atoms with E-state index in [0.717, 1.165) is 12.8 Å². The zero-order chi connectivity index (χ0) is 19.4. The summed E-state index contributed by atoms with van der Waals surface area (Å²) in [4.78, 5) is 21.4. The number of aryl methyl sites for hydroxylation is 1. The molecule has 1 amide bonds. The number of carbonyl (C=O) groups is 1. The quantitative estimate of drug-likeness (QED) is 0.773. The molecular formula is C19H23ClN4O3. The summed E-state index contributed by atoms with van der Waals surface area (Å²) in [6, 6.07) is 5.27. The molecule has 1 aliphatic rings. The maximum Gasteiger partial charge on any atom is 0.274 e. The molecule has 1 fully saturated rings. The first-order chi connectivity index (χ1) is 13.0. The standard InChI is InChI=1S/C19H23ClN4O3/c1-11-21-15(10-18(22-11)23-12-6-4-5-7-12)19(25)24-14-9-16(26-2)13(20)8-17(14)27-3/h8-10,12H,4-7H2,1-3H3,(H,24,25)(H,21,22,23). The number of carbonyl (C=O) groups excluding carboxylic acids is 1. The largest absolute Gasteiger partial charge is 0.495 e. The van der Waals surface area contributed by atoms with Gasteiger partial charge in [0.05, 0.1) is 24.9 Å². The lowest BCUT2D eigenvalue weighted by atomic mass is 10.2. The van der Waals surface area contributed by atoms with E-state index >= 15 is 0 Å². The van der Waals surface area contributed by atoms with Crippen LogP contribution in [0.15, 0.2) is 18.2 Å². The van der Waals surface area contributed by atoms with Gasteiger partial charge in [-0.15, -0.1) is 0 Å². The second-order valence-corrected chi connectivity index (χ2v) is 6.86. The normalized spacial score (nSPS) is 14.1. The zero-order valence-corrected chi connectivity index (χ0v) is 16.4. The maximum absolute atomic E-state index is 12.7. The summed E-state index contributed by atoms with van der Waals surface area (Å²) in [5, 5.41) is 6.60. The van der Waals surface area contributed by atoms with Gasteiger partial charge in [-0.3, -0.25) is 4.79 Å². The lowest BCUT2D eigenvalue weighted by Gasteiger charge is -2.15. The molecule has 0 radical (unpaired) electrons. The summed E-state index contributed by atoms with van der Waals surface area (Å²) >= 11 is 6.11. The highest BCUT2D eigenvalue weighted by Crippen LogP contribution is 2.36. The molecule has 1 aromatic heterocycles. The Morgan fingerprint density at radius 3 is 2.48 bits per heavy atom. The van der Waals surface area contributed by atoms with Crippen molar-refractivity contribution >= 4 is 29.0 Å². The number of aromatic nitrogens is 2. The van der Waals surface area contributed by atoms with Crippen LogP contribution >= 0.6 is 11.6 Å². The van der Waals surface area contributed by atoms with Gasteiger partial charge in [-0.2, -0.15) is 0 Å². The van der Waals surface area contributed by atoms with Crippen molar-refractivity contribution in [3.8, 4) is 11.5 Å². The fourth-order valence-electron chi connectivity index (χ4n) is 3.18. The van der Waals surface area contributed by atoms with Gasteiger partial charge >= 0.3 is 0 Å². The Morgan fingerprint density at radius 1 is 1.11 bits per heavy atom. The molecule has 1 saturated carbocycles. The number of methoxy groups -OCH3 is 2. The van der Waals surface area contributed by atoms with Gasteiger partial charge in [-0.05, 0) is 19.8 Å². The van der Waals surface area contributed by atoms with Crippen molar-refractivity contribution in [2.45, 2.75) is 38.6 Å². The van der Waals surface area contributed by atoms with Gasteiger partial charge in [0, 0.05) is 24.2 Å². The number of nitrogens with zero attached hydrogens (tertiary/aromatic N) is 2. The van der Waals surface area contributed by atoms with Crippen LogP contribution < -0.4 is 20.1 Å². The van der Waals surface area contributed by atoms with E-state index in [1.807, 2.05) is 0 Å². The minimum atomic E-state index is -0.363. The number of ether oxygens (including phenoxy) is 2. The number of nitrogens with one attached hydrogen (secondary N) is 2. The lowest BCUT2D eigenvalue weighted by molar-refractivity contribution is 0.102. The Balaban J connectivity index is 1.82. The van der Waals surface area contributed by atoms with Crippen molar-refractivity contribution in [1.29, 1.82) is 0 Å². The summed E-state index contributed by atoms with van der Waals surface area (Å²) in [7, 11) is 3.01. The average Bonchev–Trinajstić information content (AvgIpc) is 3.15. The maximum atomic E-state index is 12.7. The molecule has 0 spiro atoms. The summed E-state index contributed by atoms with van der Waals surface area (Å²) < 4.78 is 10.5. The van der Waals surface area contributed by atoms with E-state index in [1.54, 1.807) is 25.1 Å². The van der Waals surface area contributed by atoms with E-state index in [1.165, 1.54) is 27.1 Å². The molecule has 7 nitrogen and oxygen atoms in total. The molecule has 0 saturated heterocycles. The van der Waals surface area contributed by atoms with Crippen LogP contribution in [-0.2, 0) is 0 Å². The van der Waals surface area contributed by atoms with E-state index in [0.29, 0.717) is 39.9 Å². The van der Waals surface area contributed by atoms with E-state index in [9.17, 15) is 4.79 Å². The van der Waals surface area contributed by atoms with E-state index < -0.39 is 0 Å². The van der Waals surface area contributed by atoms with Crippen molar-refractivity contribution in [2.24, 2.45) is 0 Å². The Morgan fingerprint density at radius 2 is 1.81 bits per heavy atom. The Kier molecular flexibility index (Phi) is 6.01. The van der Waals surface area contributed by atoms with Crippen LogP contribution in [0.2, 0.25) is 5.02 Å². The Bertz CT molecular complexity index is 838. The van der Waals surface area contributed by atoms with Crippen LogP contribution in [-0.4, -0.2) is 36.1 Å². The molecule has 8 heteroatoms. The minimum absolute atomic E-state index is 0.277. The van der Waals surface area contributed by atoms with Gasteiger partial charge in [-0.25, -0.2) is 9.97 Å². The second kappa shape index (κ2) is 8.43. The van der Waals surface area contributed by atoms with Gasteiger partial charge in [0.2, 0.25) is 0 Å². The smallest absolute Gasteiger partial charge is 0.274 e. The van der Waals surface area contributed by atoms with Gasteiger partial charge in [0.15, 0.2) is 0 Å².